The van der Waals surface area contributed by atoms with E-state index in [-0.39, 0.29) is 31.1 Å². The zero-order chi connectivity index (χ0) is 22.0. The van der Waals surface area contributed by atoms with E-state index < -0.39 is 5.69 Å². The zero-order valence-corrected chi connectivity index (χ0v) is 17.8. The lowest BCUT2D eigenvalue weighted by Crippen LogP contribution is -2.42. The normalized spacial score (nSPS) is 13.1. The van der Waals surface area contributed by atoms with E-state index >= 15 is 0 Å². The molecule has 4 rings (SSSR count). The number of ether oxygens (including phenoxy) is 2. The molecular weight excluding hydrogens is 422 g/mol. The van der Waals surface area contributed by atoms with E-state index in [2.05, 4.69) is 5.32 Å². The number of amides is 1. The summed E-state index contributed by atoms with van der Waals surface area (Å²) >= 11 is 6.30. The van der Waals surface area contributed by atoms with Gasteiger partial charge in [0.1, 0.15) is 6.54 Å². The van der Waals surface area contributed by atoms with Crippen molar-refractivity contribution in [3.63, 3.8) is 0 Å². The lowest BCUT2D eigenvalue weighted by molar-refractivity contribution is -0.121. The molecule has 0 fully saturated rings. The summed E-state index contributed by atoms with van der Waals surface area (Å²) in [5.41, 5.74) is 0.302. The topological polar surface area (TPSA) is 91.6 Å². The van der Waals surface area contributed by atoms with Gasteiger partial charge in [0.05, 0.1) is 29.1 Å². The van der Waals surface area contributed by atoms with E-state index in [0.717, 1.165) is 16.6 Å². The minimum Gasteiger partial charge on any atom is -0.489 e. The first-order valence-corrected chi connectivity index (χ1v) is 10.4. The van der Waals surface area contributed by atoms with Gasteiger partial charge in [0.25, 0.3) is 5.56 Å². The Morgan fingerprint density at radius 1 is 1.13 bits per heavy atom. The summed E-state index contributed by atoms with van der Waals surface area (Å²) in [5.74, 6) is 0.692. The number of rotatable bonds is 5. The highest BCUT2D eigenvalue weighted by molar-refractivity contribution is 6.32. The first-order chi connectivity index (χ1) is 15.0. The van der Waals surface area contributed by atoms with Crippen LogP contribution in [-0.2, 0) is 24.4 Å². The van der Waals surface area contributed by atoms with E-state index in [1.54, 1.807) is 43.3 Å². The quantitative estimate of drug-likeness (QED) is 0.653. The smallest absolute Gasteiger partial charge is 0.331 e. The third-order valence-electron chi connectivity index (χ3n) is 5.10. The Hall–Kier alpha value is -3.26. The van der Waals surface area contributed by atoms with Crippen LogP contribution in [0.3, 0.4) is 0 Å². The largest absolute Gasteiger partial charge is 0.489 e. The highest BCUT2D eigenvalue weighted by Crippen LogP contribution is 2.37. The van der Waals surface area contributed by atoms with E-state index in [1.807, 2.05) is 0 Å². The van der Waals surface area contributed by atoms with Crippen molar-refractivity contribution in [2.45, 2.75) is 33.0 Å². The molecule has 2 aromatic carbocycles. The molecule has 1 aliphatic rings. The second-order valence-electron chi connectivity index (χ2n) is 7.17. The second-order valence-corrected chi connectivity index (χ2v) is 7.57. The number of hydrogen-bond acceptors (Lipinski definition) is 5. The average Bonchev–Trinajstić information content (AvgIpc) is 3.01. The maximum atomic E-state index is 12.8. The summed E-state index contributed by atoms with van der Waals surface area (Å²) in [6.07, 6.45) is 0.764. The minimum atomic E-state index is -0.514. The van der Waals surface area contributed by atoms with Crippen LogP contribution in [0.15, 0.2) is 46.0 Å². The molecule has 3 aromatic rings. The van der Waals surface area contributed by atoms with Crippen LogP contribution in [-0.4, -0.2) is 28.3 Å². The van der Waals surface area contributed by atoms with E-state index in [0.29, 0.717) is 40.6 Å². The fourth-order valence-electron chi connectivity index (χ4n) is 3.59. The maximum absolute atomic E-state index is 12.8. The van der Waals surface area contributed by atoms with Gasteiger partial charge in [-0.3, -0.25) is 18.7 Å². The molecule has 0 bridgehead atoms. The Kier molecular flexibility index (Phi) is 5.99. The van der Waals surface area contributed by atoms with E-state index in [1.165, 1.54) is 4.57 Å². The van der Waals surface area contributed by atoms with Crippen LogP contribution in [0.5, 0.6) is 11.5 Å². The Bertz CT molecular complexity index is 1260. The van der Waals surface area contributed by atoms with Crippen LogP contribution in [0.2, 0.25) is 5.02 Å². The van der Waals surface area contributed by atoms with Crippen LogP contribution in [0.25, 0.3) is 10.9 Å². The number of hydrogen-bond donors (Lipinski definition) is 1. The van der Waals surface area contributed by atoms with Crippen molar-refractivity contribution in [2.24, 2.45) is 0 Å². The van der Waals surface area contributed by atoms with Crippen LogP contribution >= 0.6 is 11.6 Å². The molecule has 2 heterocycles. The van der Waals surface area contributed by atoms with E-state index in [4.69, 9.17) is 21.1 Å². The molecule has 0 atom stereocenters. The van der Waals surface area contributed by atoms with Gasteiger partial charge >= 0.3 is 5.69 Å². The number of carbonyl (C=O) groups is 1. The number of carbonyl (C=O) groups excluding carboxylic acids is 1. The van der Waals surface area contributed by atoms with Gasteiger partial charge < -0.3 is 14.8 Å². The molecule has 0 unspecified atom stereocenters. The Morgan fingerprint density at radius 2 is 1.90 bits per heavy atom. The molecule has 0 aliphatic carbocycles. The molecule has 1 amide bonds. The molecule has 9 heteroatoms. The summed E-state index contributed by atoms with van der Waals surface area (Å²) in [7, 11) is 0. The van der Waals surface area contributed by atoms with Crippen molar-refractivity contribution < 1.29 is 14.3 Å². The summed E-state index contributed by atoms with van der Waals surface area (Å²) in [4.78, 5) is 37.9. The molecular formula is C22H22ClN3O5. The van der Waals surface area contributed by atoms with Gasteiger partial charge in [-0.25, -0.2) is 4.79 Å². The summed E-state index contributed by atoms with van der Waals surface area (Å²) < 4.78 is 13.7. The van der Waals surface area contributed by atoms with Gasteiger partial charge in [-0.1, -0.05) is 23.7 Å². The predicted molar refractivity (Wildman–Crippen MR) is 117 cm³/mol. The first-order valence-electron chi connectivity index (χ1n) is 10.1. The number of para-hydroxylation sites is 1. The molecule has 8 nitrogen and oxygen atoms in total. The molecule has 1 N–H and O–H groups in total. The Balaban J connectivity index is 1.56. The van der Waals surface area contributed by atoms with Gasteiger partial charge in [0.15, 0.2) is 11.5 Å². The highest BCUT2D eigenvalue weighted by Gasteiger charge is 2.17. The molecule has 1 aromatic heterocycles. The Labute approximate surface area is 183 Å². The molecule has 0 radical (unpaired) electrons. The molecule has 1 aliphatic heterocycles. The van der Waals surface area contributed by atoms with Crippen molar-refractivity contribution in [3.05, 3.63) is 67.8 Å². The standard InChI is InChI=1S/C22H22ClN3O5/c1-2-25-21(28)15-6-3-4-7-17(15)26(22(25)29)13-19(27)24-12-14-10-16(23)20-18(11-14)30-8-5-9-31-20/h3-4,6-7,10-11H,2,5,8-9,12-13H2,1H3,(H,24,27). The monoisotopic (exact) mass is 443 g/mol. The number of nitrogens with one attached hydrogen (secondary N) is 1. The summed E-state index contributed by atoms with van der Waals surface area (Å²) in [6.45, 7) is 3.00. The van der Waals surface area contributed by atoms with Gasteiger partial charge in [-0.05, 0) is 36.8 Å². The minimum absolute atomic E-state index is 0.204. The molecule has 31 heavy (non-hydrogen) atoms. The van der Waals surface area contributed by atoms with Crippen molar-refractivity contribution in [2.75, 3.05) is 13.2 Å². The van der Waals surface area contributed by atoms with Crippen molar-refractivity contribution in [1.82, 2.24) is 14.5 Å². The predicted octanol–water partition coefficient (Wildman–Crippen LogP) is 2.31. The van der Waals surface area contributed by atoms with Crippen LogP contribution in [0, 0.1) is 0 Å². The van der Waals surface area contributed by atoms with Gasteiger partial charge in [0.2, 0.25) is 5.91 Å². The van der Waals surface area contributed by atoms with Crippen molar-refractivity contribution >= 4 is 28.4 Å². The number of fused-ring (bicyclic) bond motifs is 2. The first kappa shape index (κ1) is 21.0. The number of nitrogens with zero attached hydrogens (tertiary/aromatic N) is 2. The molecule has 0 saturated heterocycles. The van der Waals surface area contributed by atoms with Crippen LogP contribution in [0.1, 0.15) is 18.9 Å². The van der Waals surface area contributed by atoms with Gasteiger partial charge in [0, 0.05) is 19.5 Å². The fourth-order valence-corrected chi connectivity index (χ4v) is 3.88. The molecule has 162 valence electrons. The number of aromatic nitrogens is 2. The van der Waals surface area contributed by atoms with Gasteiger partial charge in [-0.15, -0.1) is 0 Å². The lowest BCUT2D eigenvalue weighted by atomic mass is 10.2. The SMILES string of the molecule is CCn1c(=O)c2ccccc2n(CC(=O)NCc2cc(Cl)c3c(c2)OCCCO3)c1=O. The summed E-state index contributed by atoms with van der Waals surface area (Å²) in [6, 6.07) is 10.3. The lowest BCUT2D eigenvalue weighted by Gasteiger charge is -2.14. The molecule has 0 saturated carbocycles. The third kappa shape index (κ3) is 4.16. The zero-order valence-electron chi connectivity index (χ0n) is 17.0. The van der Waals surface area contributed by atoms with Gasteiger partial charge in [-0.2, -0.15) is 0 Å². The average molecular weight is 444 g/mol. The molecule has 0 spiro atoms. The van der Waals surface area contributed by atoms with Crippen LogP contribution in [0.4, 0.5) is 0 Å². The van der Waals surface area contributed by atoms with Crippen molar-refractivity contribution in [1.29, 1.82) is 0 Å². The number of benzene rings is 2. The van der Waals surface area contributed by atoms with Crippen molar-refractivity contribution in [3.8, 4) is 11.5 Å². The Morgan fingerprint density at radius 3 is 2.71 bits per heavy atom. The fraction of sp³-hybridized carbons (Fsp3) is 0.318. The van der Waals surface area contributed by atoms with E-state index in [9.17, 15) is 14.4 Å². The highest BCUT2D eigenvalue weighted by atomic mass is 35.5. The third-order valence-corrected chi connectivity index (χ3v) is 5.38. The maximum Gasteiger partial charge on any atom is 0.331 e. The van der Waals surface area contributed by atoms with Crippen LogP contribution < -0.4 is 26.0 Å². The number of halogens is 1. The second kappa shape index (κ2) is 8.85. The summed E-state index contributed by atoms with van der Waals surface area (Å²) in [5, 5.41) is 3.61.